The molecular weight excluding hydrogens is 300 g/mol. The summed E-state index contributed by atoms with van der Waals surface area (Å²) in [6, 6.07) is 0. The first-order valence-corrected chi connectivity index (χ1v) is 9.83. The number of rotatable bonds is 11. The highest BCUT2D eigenvalue weighted by Crippen LogP contribution is 2.25. The third kappa shape index (κ3) is 15.8. The first-order chi connectivity index (χ1) is 11.6. The summed E-state index contributed by atoms with van der Waals surface area (Å²) in [5.41, 5.74) is 0. The average molecular weight is 339 g/mol. The van der Waals surface area contributed by atoms with Gasteiger partial charge in [0.05, 0.1) is 6.10 Å². The normalized spacial score (nSPS) is 16.5. The van der Waals surface area contributed by atoms with E-state index < -0.39 is 5.97 Å². The van der Waals surface area contributed by atoms with Gasteiger partial charge in [-0.2, -0.15) is 0 Å². The molecule has 3 heteroatoms. The maximum absolute atomic E-state index is 10.0. The highest BCUT2D eigenvalue weighted by molar-refractivity contribution is 5.66. The number of aliphatic carboxylic acids is 1. The van der Waals surface area contributed by atoms with E-state index in [-0.39, 0.29) is 12.5 Å². The van der Waals surface area contributed by atoms with E-state index in [0.29, 0.717) is 0 Å². The largest absolute Gasteiger partial charge is 0.481 e. The Morgan fingerprint density at radius 2 is 1.83 bits per heavy atom. The van der Waals surface area contributed by atoms with Crippen LogP contribution in [-0.2, 0) is 4.79 Å². The van der Waals surface area contributed by atoms with Crippen molar-refractivity contribution < 1.29 is 15.0 Å². The average Bonchev–Trinajstić information content (AvgIpc) is 3.07. The molecule has 0 saturated heterocycles. The molecule has 1 rings (SSSR count). The number of hydrogen-bond donors (Lipinski definition) is 2. The van der Waals surface area contributed by atoms with Gasteiger partial charge >= 0.3 is 5.97 Å². The van der Waals surface area contributed by atoms with Gasteiger partial charge in [-0.3, -0.25) is 4.79 Å². The highest BCUT2D eigenvalue weighted by atomic mass is 16.4. The summed E-state index contributed by atoms with van der Waals surface area (Å²) in [6.07, 6.45) is 21.1. The Bertz CT molecular complexity index is 341. The number of hydrogen-bond acceptors (Lipinski definition) is 2. The lowest BCUT2D eigenvalue weighted by Gasteiger charge is -2.06. The third-order valence-corrected chi connectivity index (χ3v) is 4.27. The van der Waals surface area contributed by atoms with Gasteiger partial charge in [-0.05, 0) is 44.4 Å². The van der Waals surface area contributed by atoms with Gasteiger partial charge in [-0.25, -0.2) is 0 Å². The summed E-state index contributed by atoms with van der Waals surface area (Å²) in [5, 5.41) is 17.9. The summed E-state index contributed by atoms with van der Waals surface area (Å²) in [4.78, 5) is 10.0. The maximum atomic E-state index is 10.0. The standard InChI is InChI=1S/C13H24O.C8H14O2/c1-2-3-4-9-13(14)11-10-12-7-5-6-8-12;1-2-3-4-5-6-7-8(9)10/h10-14H,2-9H2,1H3;3-4H,2,5-7H2,1H3,(H,9,10)/b11-10+;4-3-/t13-;/m0./s1. The second-order valence-corrected chi connectivity index (χ2v) is 6.66. The second-order valence-electron chi connectivity index (χ2n) is 6.66. The zero-order valence-corrected chi connectivity index (χ0v) is 15.8. The summed E-state index contributed by atoms with van der Waals surface area (Å²) >= 11 is 0. The topological polar surface area (TPSA) is 57.5 Å². The van der Waals surface area contributed by atoms with Crippen LogP contribution in [0.2, 0.25) is 0 Å². The van der Waals surface area contributed by atoms with Crippen molar-refractivity contribution in [2.75, 3.05) is 0 Å². The van der Waals surface area contributed by atoms with Gasteiger partial charge in [0.15, 0.2) is 0 Å². The molecule has 2 N–H and O–H groups in total. The Labute approximate surface area is 148 Å². The number of carboxylic acid groups (broad SMARTS) is 1. The Kier molecular flexibility index (Phi) is 16.0. The van der Waals surface area contributed by atoms with Crippen molar-refractivity contribution in [3.05, 3.63) is 24.3 Å². The number of aliphatic hydroxyl groups is 1. The van der Waals surface area contributed by atoms with Crippen LogP contribution in [0.4, 0.5) is 0 Å². The van der Waals surface area contributed by atoms with E-state index in [1.54, 1.807) is 0 Å². The molecule has 0 radical (unpaired) electrons. The number of carboxylic acids is 1. The zero-order chi connectivity index (χ0) is 18.0. The molecule has 3 nitrogen and oxygen atoms in total. The van der Waals surface area contributed by atoms with Crippen LogP contribution in [0.5, 0.6) is 0 Å². The van der Waals surface area contributed by atoms with Crippen LogP contribution in [0.3, 0.4) is 0 Å². The van der Waals surface area contributed by atoms with Gasteiger partial charge in [0.25, 0.3) is 0 Å². The molecule has 0 bridgehead atoms. The molecule has 1 fully saturated rings. The van der Waals surface area contributed by atoms with Gasteiger partial charge in [0.1, 0.15) is 0 Å². The number of unbranched alkanes of at least 4 members (excludes halogenated alkanes) is 3. The zero-order valence-electron chi connectivity index (χ0n) is 15.8. The second kappa shape index (κ2) is 16.8. The van der Waals surface area contributed by atoms with Crippen molar-refractivity contribution in [3.8, 4) is 0 Å². The van der Waals surface area contributed by atoms with E-state index in [4.69, 9.17) is 5.11 Å². The molecule has 1 atom stereocenters. The predicted octanol–water partition coefficient (Wildman–Crippen LogP) is 5.88. The Balaban J connectivity index is 0.000000470. The Hall–Kier alpha value is -1.09. The molecule has 24 heavy (non-hydrogen) atoms. The van der Waals surface area contributed by atoms with Gasteiger partial charge in [-0.15, -0.1) is 0 Å². The third-order valence-electron chi connectivity index (χ3n) is 4.27. The van der Waals surface area contributed by atoms with E-state index in [1.165, 1.54) is 38.5 Å². The van der Waals surface area contributed by atoms with Crippen LogP contribution in [-0.4, -0.2) is 22.3 Å². The molecule has 0 amide bonds. The molecule has 0 aromatic heterocycles. The van der Waals surface area contributed by atoms with E-state index >= 15 is 0 Å². The summed E-state index contributed by atoms with van der Waals surface area (Å²) in [5.74, 6) is 0.0562. The van der Waals surface area contributed by atoms with Crippen molar-refractivity contribution in [2.24, 2.45) is 5.92 Å². The van der Waals surface area contributed by atoms with E-state index in [9.17, 15) is 9.90 Å². The van der Waals surface area contributed by atoms with Gasteiger partial charge in [-0.1, -0.05) is 70.3 Å². The first kappa shape index (κ1) is 22.9. The lowest BCUT2D eigenvalue weighted by Crippen LogP contribution is -2.02. The van der Waals surface area contributed by atoms with Crippen LogP contribution in [0.25, 0.3) is 0 Å². The predicted molar refractivity (Wildman–Crippen MR) is 102 cm³/mol. The molecule has 1 saturated carbocycles. The van der Waals surface area contributed by atoms with Crippen molar-refractivity contribution in [1.29, 1.82) is 0 Å². The first-order valence-electron chi connectivity index (χ1n) is 9.83. The molecule has 1 aliphatic carbocycles. The fourth-order valence-corrected chi connectivity index (χ4v) is 2.79. The van der Waals surface area contributed by atoms with Crippen LogP contribution in [0.15, 0.2) is 24.3 Å². The van der Waals surface area contributed by atoms with Crippen LogP contribution >= 0.6 is 0 Å². The smallest absolute Gasteiger partial charge is 0.303 e. The molecule has 140 valence electrons. The Morgan fingerprint density at radius 1 is 1.12 bits per heavy atom. The molecule has 0 unspecified atom stereocenters. The monoisotopic (exact) mass is 338 g/mol. The van der Waals surface area contributed by atoms with Crippen LogP contribution in [0.1, 0.15) is 90.9 Å². The van der Waals surface area contributed by atoms with E-state index in [0.717, 1.165) is 38.0 Å². The molecular formula is C21H38O3. The quantitative estimate of drug-likeness (QED) is 0.365. The Morgan fingerprint density at radius 3 is 2.42 bits per heavy atom. The van der Waals surface area contributed by atoms with Gasteiger partial charge in [0.2, 0.25) is 0 Å². The molecule has 0 aromatic carbocycles. The minimum atomic E-state index is -0.704. The number of carbonyl (C=O) groups is 1. The molecule has 0 spiro atoms. The summed E-state index contributed by atoms with van der Waals surface area (Å²) < 4.78 is 0. The lowest BCUT2D eigenvalue weighted by atomic mass is 10.1. The van der Waals surface area contributed by atoms with E-state index in [2.05, 4.69) is 26.0 Å². The van der Waals surface area contributed by atoms with Gasteiger partial charge < -0.3 is 10.2 Å². The summed E-state index contributed by atoms with van der Waals surface area (Å²) in [7, 11) is 0. The summed E-state index contributed by atoms with van der Waals surface area (Å²) in [6.45, 7) is 4.26. The minimum absolute atomic E-state index is 0.192. The molecule has 0 heterocycles. The van der Waals surface area contributed by atoms with Crippen molar-refractivity contribution >= 4 is 5.97 Å². The van der Waals surface area contributed by atoms with Crippen LogP contribution in [0, 0.1) is 5.92 Å². The SMILES string of the molecule is CC/C=C\CCCC(=O)O.CCCCC[C@H](O)/C=C/C1CCCC1. The van der Waals surface area contributed by atoms with Crippen molar-refractivity contribution in [1.82, 2.24) is 0 Å². The van der Waals surface area contributed by atoms with Crippen LogP contribution < -0.4 is 0 Å². The molecule has 1 aliphatic rings. The molecule has 0 aromatic rings. The minimum Gasteiger partial charge on any atom is -0.481 e. The maximum Gasteiger partial charge on any atom is 0.303 e. The lowest BCUT2D eigenvalue weighted by molar-refractivity contribution is -0.137. The fraction of sp³-hybridized carbons (Fsp3) is 0.762. The fourth-order valence-electron chi connectivity index (χ4n) is 2.79. The van der Waals surface area contributed by atoms with Gasteiger partial charge in [0, 0.05) is 6.42 Å². The number of allylic oxidation sites excluding steroid dienone is 3. The van der Waals surface area contributed by atoms with Crippen molar-refractivity contribution in [3.63, 3.8) is 0 Å². The molecule has 0 aliphatic heterocycles. The van der Waals surface area contributed by atoms with Crippen molar-refractivity contribution in [2.45, 2.75) is 97.0 Å². The number of aliphatic hydroxyl groups excluding tert-OH is 1. The highest BCUT2D eigenvalue weighted by Gasteiger charge is 2.11. The van der Waals surface area contributed by atoms with E-state index in [1.807, 2.05) is 12.2 Å².